The summed E-state index contributed by atoms with van der Waals surface area (Å²) >= 11 is 7.26. The number of benzene rings is 2. The summed E-state index contributed by atoms with van der Waals surface area (Å²) in [6.45, 7) is 0.356. The molecule has 0 aliphatic rings. The average molecular weight is 452 g/mol. The molecule has 6 nitrogen and oxygen atoms in total. The normalized spacial score (nSPS) is 10.5. The SMILES string of the molecule is COc1cc(C(=O)Nc2nc(-c3cccnc3)cs2)ccc1OCc1ccc(Cl)cc1. The van der Waals surface area contributed by atoms with Crippen LogP contribution in [0.1, 0.15) is 15.9 Å². The largest absolute Gasteiger partial charge is 0.493 e. The highest BCUT2D eigenvalue weighted by atomic mass is 35.5. The van der Waals surface area contributed by atoms with Gasteiger partial charge in [-0.25, -0.2) is 4.98 Å². The molecule has 1 amide bonds. The van der Waals surface area contributed by atoms with Gasteiger partial charge in [0.1, 0.15) is 6.61 Å². The number of nitrogens with zero attached hydrogens (tertiary/aromatic N) is 2. The van der Waals surface area contributed by atoms with Gasteiger partial charge in [0.05, 0.1) is 12.8 Å². The van der Waals surface area contributed by atoms with E-state index < -0.39 is 0 Å². The van der Waals surface area contributed by atoms with Gasteiger partial charge in [-0.05, 0) is 48.0 Å². The van der Waals surface area contributed by atoms with Crippen molar-refractivity contribution in [2.24, 2.45) is 0 Å². The minimum atomic E-state index is -0.283. The maximum atomic E-state index is 12.7. The fourth-order valence-electron chi connectivity index (χ4n) is 2.82. The van der Waals surface area contributed by atoms with Crippen LogP contribution in [0.15, 0.2) is 72.4 Å². The Morgan fingerprint density at radius 3 is 2.71 bits per heavy atom. The number of halogens is 1. The van der Waals surface area contributed by atoms with Crippen molar-refractivity contribution in [3.63, 3.8) is 0 Å². The van der Waals surface area contributed by atoms with Crippen LogP contribution in [0, 0.1) is 0 Å². The second kappa shape index (κ2) is 9.59. The fourth-order valence-corrected chi connectivity index (χ4v) is 3.66. The Labute approximate surface area is 188 Å². The van der Waals surface area contributed by atoms with Crippen molar-refractivity contribution in [2.45, 2.75) is 6.61 Å². The van der Waals surface area contributed by atoms with Gasteiger partial charge in [0.15, 0.2) is 16.6 Å². The number of anilines is 1. The van der Waals surface area contributed by atoms with E-state index in [1.807, 2.05) is 41.8 Å². The van der Waals surface area contributed by atoms with Crippen LogP contribution in [-0.2, 0) is 6.61 Å². The number of hydrogen-bond acceptors (Lipinski definition) is 6. The Morgan fingerprint density at radius 2 is 1.97 bits per heavy atom. The fraction of sp³-hybridized carbons (Fsp3) is 0.0870. The highest BCUT2D eigenvalue weighted by Gasteiger charge is 2.14. The molecule has 0 saturated carbocycles. The number of ether oxygens (including phenoxy) is 2. The lowest BCUT2D eigenvalue weighted by molar-refractivity contribution is 0.102. The van der Waals surface area contributed by atoms with E-state index in [4.69, 9.17) is 21.1 Å². The van der Waals surface area contributed by atoms with E-state index >= 15 is 0 Å². The predicted octanol–water partition coefficient (Wildman–Crippen LogP) is 5.70. The van der Waals surface area contributed by atoms with E-state index in [2.05, 4.69) is 15.3 Å². The average Bonchev–Trinajstić information content (AvgIpc) is 3.27. The van der Waals surface area contributed by atoms with Crippen molar-refractivity contribution in [1.82, 2.24) is 9.97 Å². The quantitative estimate of drug-likeness (QED) is 0.390. The van der Waals surface area contributed by atoms with Crippen molar-refractivity contribution in [1.29, 1.82) is 0 Å². The van der Waals surface area contributed by atoms with E-state index in [0.717, 1.165) is 16.8 Å². The molecule has 2 aromatic carbocycles. The van der Waals surface area contributed by atoms with Crippen LogP contribution in [0.2, 0.25) is 5.02 Å². The maximum absolute atomic E-state index is 12.7. The van der Waals surface area contributed by atoms with Crippen LogP contribution >= 0.6 is 22.9 Å². The number of rotatable bonds is 7. The molecule has 0 bridgehead atoms. The number of pyridine rings is 1. The molecule has 4 aromatic rings. The minimum Gasteiger partial charge on any atom is -0.493 e. The third-order valence-electron chi connectivity index (χ3n) is 4.42. The summed E-state index contributed by atoms with van der Waals surface area (Å²) in [5, 5.41) is 5.87. The molecule has 2 aromatic heterocycles. The van der Waals surface area contributed by atoms with Gasteiger partial charge in [-0.2, -0.15) is 0 Å². The Hall–Kier alpha value is -3.42. The molecule has 0 atom stereocenters. The summed E-state index contributed by atoms with van der Waals surface area (Å²) in [4.78, 5) is 21.2. The van der Waals surface area contributed by atoms with Crippen LogP contribution in [0.25, 0.3) is 11.3 Å². The monoisotopic (exact) mass is 451 g/mol. The van der Waals surface area contributed by atoms with E-state index in [1.165, 1.54) is 18.4 Å². The number of aromatic nitrogens is 2. The first-order valence-electron chi connectivity index (χ1n) is 9.35. The van der Waals surface area contributed by atoms with Crippen LogP contribution in [0.3, 0.4) is 0 Å². The van der Waals surface area contributed by atoms with Crippen molar-refractivity contribution < 1.29 is 14.3 Å². The molecule has 1 N–H and O–H groups in total. The van der Waals surface area contributed by atoms with Gasteiger partial charge >= 0.3 is 0 Å². The molecule has 0 spiro atoms. The first-order valence-corrected chi connectivity index (χ1v) is 10.6. The number of thiazole rings is 1. The third kappa shape index (κ3) is 5.20. The molecule has 0 aliphatic heterocycles. The molecule has 31 heavy (non-hydrogen) atoms. The molecule has 0 saturated heterocycles. The van der Waals surface area contributed by atoms with Gasteiger partial charge in [-0.1, -0.05) is 23.7 Å². The maximum Gasteiger partial charge on any atom is 0.257 e. The van der Waals surface area contributed by atoms with E-state index in [0.29, 0.717) is 33.8 Å². The summed E-state index contributed by atoms with van der Waals surface area (Å²) < 4.78 is 11.3. The van der Waals surface area contributed by atoms with Gasteiger partial charge in [-0.15, -0.1) is 11.3 Å². The Morgan fingerprint density at radius 1 is 1.13 bits per heavy atom. The number of carbonyl (C=O) groups is 1. The Balaban J connectivity index is 1.44. The topological polar surface area (TPSA) is 73.3 Å². The van der Waals surface area contributed by atoms with Gasteiger partial charge in [0.25, 0.3) is 5.91 Å². The minimum absolute atomic E-state index is 0.283. The van der Waals surface area contributed by atoms with Gasteiger partial charge in [0, 0.05) is 33.9 Å². The van der Waals surface area contributed by atoms with Gasteiger partial charge < -0.3 is 9.47 Å². The molecular weight excluding hydrogens is 434 g/mol. The zero-order valence-corrected chi connectivity index (χ0v) is 18.1. The molecule has 156 valence electrons. The molecule has 0 radical (unpaired) electrons. The number of hydrogen-bond donors (Lipinski definition) is 1. The molecule has 4 rings (SSSR count). The Kier molecular flexibility index (Phi) is 6.45. The van der Waals surface area contributed by atoms with Crippen molar-refractivity contribution in [3.05, 3.63) is 88.5 Å². The van der Waals surface area contributed by atoms with Crippen molar-refractivity contribution in [3.8, 4) is 22.8 Å². The molecule has 0 fully saturated rings. The second-order valence-corrected chi connectivity index (χ2v) is 7.81. The van der Waals surface area contributed by atoms with Crippen molar-refractivity contribution >= 4 is 34.0 Å². The van der Waals surface area contributed by atoms with E-state index in [-0.39, 0.29) is 5.91 Å². The smallest absolute Gasteiger partial charge is 0.257 e. The second-order valence-electron chi connectivity index (χ2n) is 6.51. The standard InChI is InChI=1S/C23H18ClN3O3S/c1-29-21-11-16(6-9-20(21)30-13-15-4-7-18(24)8-5-15)22(28)27-23-26-19(14-31-23)17-3-2-10-25-12-17/h2-12,14H,13H2,1H3,(H,26,27,28). The molecular formula is C23H18ClN3O3S. The van der Waals surface area contributed by atoms with E-state index in [9.17, 15) is 4.79 Å². The van der Waals surface area contributed by atoms with Crippen LogP contribution in [0.5, 0.6) is 11.5 Å². The summed E-state index contributed by atoms with van der Waals surface area (Å²) in [7, 11) is 1.53. The van der Waals surface area contributed by atoms with Crippen LogP contribution < -0.4 is 14.8 Å². The highest BCUT2D eigenvalue weighted by molar-refractivity contribution is 7.14. The lowest BCUT2D eigenvalue weighted by atomic mass is 10.2. The predicted molar refractivity (Wildman–Crippen MR) is 122 cm³/mol. The summed E-state index contributed by atoms with van der Waals surface area (Å²) in [6, 6.07) is 16.2. The van der Waals surface area contributed by atoms with Crippen molar-refractivity contribution in [2.75, 3.05) is 12.4 Å². The third-order valence-corrected chi connectivity index (χ3v) is 5.43. The number of methoxy groups -OCH3 is 1. The first-order chi connectivity index (χ1) is 15.1. The van der Waals surface area contributed by atoms with Gasteiger partial charge in [-0.3, -0.25) is 15.1 Å². The zero-order chi connectivity index (χ0) is 21.6. The summed E-state index contributed by atoms with van der Waals surface area (Å²) in [5.41, 5.74) is 3.07. The lowest BCUT2D eigenvalue weighted by Crippen LogP contribution is -2.12. The molecule has 0 unspecified atom stereocenters. The first kappa shape index (κ1) is 20.8. The Bertz CT molecular complexity index is 1180. The zero-order valence-electron chi connectivity index (χ0n) is 16.5. The molecule has 2 heterocycles. The molecule has 0 aliphatic carbocycles. The highest BCUT2D eigenvalue weighted by Crippen LogP contribution is 2.30. The number of carbonyl (C=O) groups excluding carboxylic acids is 1. The number of nitrogens with one attached hydrogen (secondary N) is 1. The van der Waals surface area contributed by atoms with E-state index in [1.54, 1.807) is 30.6 Å². The lowest BCUT2D eigenvalue weighted by Gasteiger charge is -2.12. The van der Waals surface area contributed by atoms with Gasteiger partial charge in [0.2, 0.25) is 0 Å². The van der Waals surface area contributed by atoms with Crippen LogP contribution in [-0.4, -0.2) is 23.0 Å². The summed E-state index contributed by atoms with van der Waals surface area (Å²) in [5.74, 6) is 0.730. The molecule has 8 heteroatoms. The summed E-state index contributed by atoms with van der Waals surface area (Å²) in [6.07, 6.45) is 3.43. The van der Waals surface area contributed by atoms with Crippen LogP contribution in [0.4, 0.5) is 5.13 Å². The number of amides is 1.